The zero-order valence-electron chi connectivity index (χ0n) is 7.33. The Kier molecular flexibility index (Phi) is 3.18. The van der Waals surface area contributed by atoms with Gasteiger partial charge in [-0.1, -0.05) is 30.3 Å². The quantitative estimate of drug-likeness (QED) is 0.684. The molecule has 0 aliphatic carbocycles. The molecule has 0 heterocycles. The molecule has 1 nitrogen and oxygen atoms in total. The summed E-state index contributed by atoms with van der Waals surface area (Å²) in [6, 6.07) is 10.3. The van der Waals surface area contributed by atoms with Crippen molar-refractivity contribution < 1.29 is 0 Å². The molecule has 0 fully saturated rings. The fourth-order valence-corrected chi connectivity index (χ4v) is 1.29. The minimum absolute atomic E-state index is 0.0820. The molecule has 0 saturated heterocycles. The van der Waals surface area contributed by atoms with Crippen LogP contribution in [-0.2, 0) is 6.42 Å². The summed E-state index contributed by atoms with van der Waals surface area (Å²) in [6.45, 7) is 2.66. The highest BCUT2D eigenvalue weighted by atomic mass is 32.1. The molecule has 66 valence electrons. The van der Waals surface area contributed by atoms with Crippen LogP contribution in [0.15, 0.2) is 30.3 Å². The van der Waals surface area contributed by atoms with Crippen LogP contribution < -0.4 is 5.73 Å². The number of nitrogens with two attached hydrogens (primary N) is 1. The minimum atomic E-state index is -0.0820. The lowest BCUT2D eigenvalue weighted by molar-refractivity contribution is 0.655. The summed E-state index contributed by atoms with van der Waals surface area (Å²) in [6.07, 6.45) is 0.924. The molecule has 0 saturated carbocycles. The molecule has 1 atom stereocenters. The van der Waals surface area contributed by atoms with Crippen molar-refractivity contribution in [3.05, 3.63) is 35.9 Å². The van der Waals surface area contributed by atoms with E-state index in [0.29, 0.717) is 6.54 Å². The molecule has 0 aliphatic rings. The molecule has 0 aliphatic heterocycles. The number of hydrogen-bond acceptors (Lipinski definition) is 2. The molecule has 0 spiro atoms. The summed E-state index contributed by atoms with van der Waals surface area (Å²) >= 11 is 4.47. The topological polar surface area (TPSA) is 26.0 Å². The van der Waals surface area contributed by atoms with Crippen LogP contribution in [0.4, 0.5) is 0 Å². The first-order chi connectivity index (χ1) is 5.64. The second kappa shape index (κ2) is 3.97. The fraction of sp³-hybridized carbons (Fsp3) is 0.400. The monoisotopic (exact) mass is 181 g/mol. The Labute approximate surface area is 79.4 Å². The smallest absolute Gasteiger partial charge is 0.0264 e. The van der Waals surface area contributed by atoms with Crippen molar-refractivity contribution in [1.29, 1.82) is 0 Å². The summed E-state index contributed by atoms with van der Waals surface area (Å²) in [5, 5.41) is 0. The Balaban J connectivity index is 2.64. The molecule has 0 aromatic heterocycles. The highest BCUT2D eigenvalue weighted by molar-refractivity contribution is 7.81. The molecular weight excluding hydrogens is 166 g/mol. The van der Waals surface area contributed by atoms with Crippen LogP contribution in [0.1, 0.15) is 12.5 Å². The summed E-state index contributed by atoms with van der Waals surface area (Å²) in [5.41, 5.74) is 6.87. The van der Waals surface area contributed by atoms with E-state index in [1.165, 1.54) is 5.56 Å². The molecule has 1 unspecified atom stereocenters. The maximum Gasteiger partial charge on any atom is 0.0264 e. The van der Waals surface area contributed by atoms with Gasteiger partial charge < -0.3 is 5.73 Å². The number of hydrogen-bond donors (Lipinski definition) is 2. The Bertz CT molecular complexity index is 231. The van der Waals surface area contributed by atoms with Gasteiger partial charge in [0.05, 0.1) is 0 Å². The largest absolute Gasteiger partial charge is 0.329 e. The van der Waals surface area contributed by atoms with Gasteiger partial charge in [-0.05, 0) is 18.9 Å². The average molecular weight is 181 g/mol. The highest BCUT2D eigenvalue weighted by Crippen LogP contribution is 2.18. The van der Waals surface area contributed by atoms with E-state index in [2.05, 4.69) is 31.7 Å². The van der Waals surface area contributed by atoms with Gasteiger partial charge in [0.2, 0.25) is 0 Å². The summed E-state index contributed by atoms with van der Waals surface area (Å²) in [4.78, 5) is 0. The van der Waals surface area contributed by atoms with Crippen LogP contribution in [-0.4, -0.2) is 11.3 Å². The Morgan fingerprint density at radius 3 is 2.42 bits per heavy atom. The van der Waals surface area contributed by atoms with Crippen LogP contribution >= 0.6 is 12.6 Å². The molecular formula is C10H15NS. The van der Waals surface area contributed by atoms with Crippen molar-refractivity contribution in [2.24, 2.45) is 5.73 Å². The average Bonchev–Trinajstić information content (AvgIpc) is 2.06. The molecule has 2 heteroatoms. The Morgan fingerprint density at radius 2 is 1.92 bits per heavy atom. The normalized spacial score (nSPS) is 15.6. The second-order valence-electron chi connectivity index (χ2n) is 3.36. The van der Waals surface area contributed by atoms with Gasteiger partial charge in [0.1, 0.15) is 0 Å². The molecule has 0 radical (unpaired) electrons. The van der Waals surface area contributed by atoms with Crippen molar-refractivity contribution in [2.75, 3.05) is 6.54 Å². The van der Waals surface area contributed by atoms with E-state index in [0.717, 1.165) is 6.42 Å². The highest BCUT2D eigenvalue weighted by Gasteiger charge is 2.16. The second-order valence-corrected chi connectivity index (χ2v) is 4.44. The molecule has 1 aromatic rings. The molecule has 12 heavy (non-hydrogen) atoms. The standard InChI is InChI=1S/C10H15NS/c1-10(12,8-11)7-9-5-3-2-4-6-9/h2-6,12H,7-8,11H2,1H3. The van der Waals surface area contributed by atoms with Gasteiger partial charge >= 0.3 is 0 Å². The third kappa shape index (κ3) is 2.88. The Hall–Kier alpha value is -0.470. The maximum absolute atomic E-state index is 5.58. The number of benzene rings is 1. The van der Waals surface area contributed by atoms with Crippen LogP contribution in [0.5, 0.6) is 0 Å². The van der Waals surface area contributed by atoms with Gasteiger partial charge in [0.15, 0.2) is 0 Å². The lowest BCUT2D eigenvalue weighted by atomic mass is 10.0. The van der Waals surface area contributed by atoms with Gasteiger partial charge in [-0.25, -0.2) is 0 Å². The molecule has 0 bridgehead atoms. The van der Waals surface area contributed by atoms with Gasteiger partial charge in [-0.15, -0.1) is 0 Å². The van der Waals surface area contributed by atoms with E-state index in [-0.39, 0.29) is 4.75 Å². The number of thiol groups is 1. The lowest BCUT2D eigenvalue weighted by Crippen LogP contribution is -2.30. The lowest BCUT2D eigenvalue weighted by Gasteiger charge is -2.20. The molecule has 0 amide bonds. The zero-order valence-corrected chi connectivity index (χ0v) is 8.22. The third-order valence-corrected chi connectivity index (χ3v) is 2.21. The van der Waals surface area contributed by atoms with Crippen molar-refractivity contribution in [2.45, 2.75) is 18.1 Å². The first-order valence-corrected chi connectivity index (χ1v) is 4.55. The predicted molar refractivity (Wildman–Crippen MR) is 56.6 cm³/mol. The van der Waals surface area contributed by atoms with E-state index in [4.69, 9.17) is 5.73 Å². The first kappa shape index (κ1) is 9.62. The molecule has 2 N–H and O–H groups in total. The Morgan fingerprint density at radius 1 is 1.33 bits per heavy atom. The van der Waals surface area contributed by atoms with Crippen LogP contribution in [0, 0.1) is 0 Å². The predicted octanol–water partition coefficient (Wildman–Crippen LogP) is 1.88. The summed E-state index contributed by atoms with van der Waals surface area (Å²) < 4.78 is -0.0820. The van der Waals surface area contributed by atoms with Crippen molar-refractivity contribution in [1.82, 2.24) is 0 Å². The fourth-order valence-electron chi connectivity index (χ4n) is 1.11. The van der Waals surface area contributed by atoms with E-state index in [9.17, 15) is 0 Å². The van der Waals surface area contributed by atoms with Crippen molar-refractivity contribution in [3.63, 3.8) is 0 Å². The first-order valence-electron chi connectivity index (χ1n) is 4.10. The van der Waals surface area contributed by atoms with Crippen molar-refractivity contribution >= 4 is 12.6 Å². The maximum atomic E-state index is 5.58. The van der Waals surface area contributed by atoms with Crippen LogP contribution in [0.3, 0.4) is 0 Å². The van der Waals surface area contributed by atoms with E-state index in [1.54, 1.807) is 0 Å². The molecule has 1 aromatic carbocycles. The molecule has 1 rings (SSSR count). The zero-order chi connectivity index (χ0) is 9.03. The van der Waals surface area contributed by atoms with Crippen molar-refractivity contribution in [3.8, 4) is 0 Å². The van der Waals surface area contributed by atoms with Crippen LogP contribution in [0.25, 0.3) is 0 Å². The minimum Gasteiger partial charge on any atom is -0.329 e. The third-order valence-electron chi connectivity index (χ3n) is 1.87. The van der Waals surface area contributed by atoms with Gasteiger partial charge in [0, 0.05) is 11.3 Å². The summed E-state index contributed by atoms with van der Waals surface area (Å²) in [7, 11) is 0. The number of rotatable bonds is 3. The SMILES string of the molecule is CC(S)(CN)Cc1ccccc1. The van der Waals surface area contributed by atoms with Gasteiger partial charge in [-0.3, -0.25) is 0 Å². The van der Waals surface area contributed by atoms with Gasteiger partial charge in [0.25, 0.3) is 0 Å². The van der Waals surface area contributed by atoms with Gasteiger partial charge in [-0.2, -0.15) is 12.6 Å². The van der Waals surface area contributed by atoms with Crippen LogP contribution in [0.2, 0.25) is 0 Å². The summed E-state index contributed by atoms with van der Waals surface area (Å²) in [5.74, 6) is 0. The van der Waals surface area contributed by atoms with E-state index in [1.807, 2.05) is 18.2 Å². The van der Waals surface area contributed by atoms with E-state index >= 15 is 0 Å². The van der Waals surface area contributed by atoms with E-state index < -0.39 is 0 Å².